The van der Waals surface area contributed by atoms with Crippen molar-refractivity contribution in [3.05, 3.63) is 0 Å². The van der Waals surface area contributed by atoms with E-state index in [1.54, 1.807) is 0 Å². The molecule has 1 aliphatic heterocycles. The average molecular weight is 431 g/mol. The second-order valence-corrected chi connectivity index (χ2v) is 11.0. The maximum Gasteiger partial charge on any atom is 0.100 e. The molecule has 0 aromatic carbocycles. The molecule has 0 aromatic rings. The molecule has 2 nitrogen and oxygen atoms in total. The van der Waals surface area contributed by atoms with Gasteiger partial charge in [-0.05, 0) is 31.6 Å². The van der Waals surface area contributed by atoms with Crippen LogP contribution in [0.2, 0.25) is 0 Å². The molecule has 3 aliphatic rings. The van der Waals surface area contributed by atoms with Gasteiger partial charge in [0.2, 0.25) is 0 Å². The lowest BCUT2D eigenvalue weighted by Gasteiger charge is -2.61. The molecule has 1 N–H and O–H groups in total. The molecular weight excluding hydrogens is 407 g/mol. The third-order valence-corrected chi connectivity index (χ3v) is 9.99. The van der Waals surface area contributed by atoms with E-state index in [1.807, 2.05) is 0 Å². The van der Waals surface area contributed by atoms with Gasteiger partial charge in [-0.15, -0.1) is 11.6 Å². The van der Waals surface area contributed by atoms with Gasteiger partial charge >= 0.3 is 0 Å². The summed E-state index contributed by atoms with van der Waals surface area (Å²) in [6.45, 7) is 7.49. The largest absolute Gasteiger partial charge is 0.392 e. The highest BCUT2D eigenvalue weighted by Crippen LogP contribution is 2.70. The van der Waals surface area contributed by atoms with Gasteiger partial charge in [0, 0.05) is 26.4 Å². The minimum Gasteiger partial charge on any atom is -0.392 e. The molecule has 116 valence electrons. The number of rotatable bonds is 0. The molecule has 3 fully saturated rings. The molecule has 3 rings (SSSR count). The van der Waals surface area contributed by atoms with Crippen LogP contribution in [0.3, 0.4) is 0 Å². The Morgan fingerprint density at radius 2 is 1.80 bits per heavy atom. The predicted octanol–water partition coefficient (Wildman–Crippen LogP) is 4.24. The molecule has 2 spiro atoms. The van der Waals surface area contributed by atoms with Crippen molar-refractivity contribution < 1.29 is 9.84 Å². The van der Waals surface area contributed by atoms with Crippen molar-refractivity contribution in [1.82, 2.24) is 0 Å². The molecule has 20 heavy (non-hydrogen) atoms. The molecule has 1 heterocycles. The van der Waals surface area contributed by atoms with Crippen molar-refractivity contribution in [3.8, 4) is 0 Å². The van der Waals surface area contributed by atoms with Crippen molar-refractivity contribution in [1.29, 1.82) is 0 Å². The fourth-order valence-electron chi connectivity index (χ4n) is 4.68. The lowest BCUT2D eigenvalue weighted by molar-refractivity contribution is -0.120. The molecule has 6 atom stereocenters. The number of fused-ring (bicyclic) bond motifs is 1. The van der Waals surface area contributed by atoms with Gasteiger partial charge in [0.25, 0.3) is 0 Å². The zero-order valence-corrected chi connectivity index (χ0v) is 16.2. The van der Waals surface area contributed by atoms with Crippen LogP contribution < -0.4 is 0 Å². The maximum absolute atomic E-state index is 10.4. The summed E-state index contributed by atoms with van der Waals surface area (Å²) in [6, 6.07) is 0. The Labute approximate surface area is 143 Å². The number of epoxide rings is 1. The first-order valence-corrected chi connectivity index (χ1v) is 9.52. The minimum absolute atomic E-state index is 0.00381. The molecule has 0 bridgehead atoms. The maximum atomic E-state index is 10.4. The molecule has 0 aromatic heterocycles. The van der Waals surface area contributed by atoms with Crippen molar-refractivity contribution in [2.24, 2.45) is 10.8 Å². The van der Waals surface area contributed by atoms with Crippen LogP contribution in [0.15, 0.2) is 0 Å². The Kier molecular flexibility index (Phi) is 3.68. The number of hydrogen-bond acceptors (Lipinski definition) is 2. The zero-order valence-electron chi connectivity index (χ0n) is 12.3. The minimum atomic E-state index is -0.343. The highest BCUT2D eigenvalue weighted by Gasteiger charge is 2.73. The second kappa shape index (κ2) is 4.59. The molecule has 1 saturated heterocycles. The van der Waals surface area contributed by atoms with Gasteiger partial charge in [0.05, 0.1) is 12.7 Å². The summed E-state index contributed by atoms with van der Waals surface area (Å²) in [5.41, 5.74) is -0.151. The van der Waals surface area contributed by atoms with Gasteiger partial charge in [-0.3, -0.25) is 0 Å². The Bertz CT molecular complexity index is 422. The normalized spacial score (nSPS) is 58.0. The molecule has 2 saturated carbocycles. The first kappa shape index (κ1) is 16.0. The fraction of sp³-hybridized carbons (Fsp3) is 1.00. The lowest BCUT2D eigenvalue weighted by Crippen LogP contribution is -2.65. The Morgan fingerprint density at radius 3 is 2.30 bits per heavy atom. The smallest absolute Gasteiger partial charge is 0.100 e. The Morgan fingerprint density at radius 1 is 1.20 bits per heavy atom. The van der Waals surface area contributed by atoms with E-state index in [9.17, 15) is 5.11 Å². The molecule has 0 radical (unpaired) electrons. The summed E-state index contributed by atoms with van der Waals surface area (Å²) in [5.74, 6) is 0. The monoisotopic (exact) mass is 428 g/mol. The van der Waals surface area contributed by atoms with E-state index in [0.717, 1.165) is 32.3 Å². The summed E-state index contributed by atoms with van der Waals surface area (Å²) in [4.78, 5) is 0.0911. The van der Waals surface area contributed by atoms with Gasteiger partial charge in [0.1, 0.15) is 5.60 Å². The standard InChI is InChI=1S/C15H23Br2ClO2/c1-12(2)11(16)9(19)6-15(8-20-15)14(12)5-4-13(3,17)10(18)7-14/h9-11,19H,4-8H2,1-3H3/t9-,10?,11-,13?,14-,15-/m1/s1. The average Bonchev–Trinajstić information content (AvgIpc) is 3.11. The highest BCUT2D eigenvalue weighted by molar-refractivity contribution is 9.10. The molecule has 0 amide bonds. The first-order valence-electron chi connectivity index (χ1n) is 7.37. The van der Waals surface area contributed by atoms with Crippen LogP contribution in [-0.4, -0.2) is 37.9 Å². The van der Waals surface area contributed by atoms with Crippen LogP contribution in [0.1, 0.15) is 46.5 Å². The molecule has 5 heteroatoms. The summed E-state index contributed by atoms with van der Waals surface area (Å²) >= 11 is 14.3. The number of hydrogen-bond donors (Lipinski definition) is 1. The van der Waals surface area contributed by atoms with E-state index in [-0.39, 0.29) is 37.1 Å². The zero-order chi connectivity index (χ0) is 15.0. The van der Waals surface area contributed by atoms with Gasteiger partial charge in [-0.2, -0.15) is 0 Å². The van der Waals surface area contributed by atoms with Crippen molar-refractivity contribution in [2.45, 2.75) is 72.7 Å². The van der Waals surface area contributed by atoms with Crippen LogP contribution in [0.5, 0.6) is 0 Å². The van der Waals surface area contributed by atoms with Crippen molar-refractivity contribution in [3.63, 3.8) is 0 Å². The first-order chi connectivity index (χ1) is 9.08. The summed E-state index contributed by atoms with van der Waals surface area (Å²) in [6.07, 6.45) is 3.47. The third-order valence-electron chi connectivity index (χ3n) is 6.39. The Hall–Kier alpha value is 1.17. The van der Waals surface area contributed by atoms with Crippen LogP contribution in [-0.2, 0) is 4.74 Å². The third kappa shape index (κ3) is 1.94. The number of ether oxygens (including phenoxy) is 1. The van der Waals surface area contributed by atoms with E-state index in [4.69, 9.17) is 16.3 Å². The van der Waals surface area contributed by atoms with Gasteiger partial charge in [0.15, 0.2) is 0 Å². The lowest BCUT2D eigenvalue weighted by atomic mass is 9.46. The predicted molar refractivity (Wildman–Crippen MR) is 89.1 cm³/mol. The van der Waals surface area contributed by atoms with Crippen LogP contribution in [0.25, 0.3) is 0 Å². The van der Waals surface area contributed by atoms with Crippen LogP contribution in [0.4, 0.5) is 0 Å². The number of halogens is 3. The number of alkyl halides is 3. The molecule has 2 aliphatic carbocycles. The summed E-state index contributed by atoms with van der Waals surface area (Å²) < 4.78 is 5.95. The molecule has 2 unspecified atom stereocenters. The highest BCUT2D eigenvalue weighted by atomic mass is 79.9. The fourth-order valence-corrected chi connectivity index (χ4v) is 6.04. The van der Waals surface area contributed by atoms with E-state index < -0.39 is 0 Å². The van der Waals surface area contributed by atoms with E-state index >= 15 is 0 Å². The molecular formula is C15H23Br2ClO2. The van der Waals surface area contributed by atoms with E-state index in [2.05, 4.69) is 52.6 Å². The van der Waals surface area contributed by atoms with E-state index in [1.165, 1.54) is 0 Å². The second-order valence-electron chi connectivity index (χ2n) is 7.71. The van der Waals surface area contributed by atoms with Crippen molar-refractivity contribution in [2.75, 3.05) is 6.61 Å². The van der Waals surface area contributed by atoms with Gasteiger partial charge in [-0.1, -0.05) is 45.7 Å². The quantitative estimate of drug-likeness (QED) is 0.461. The van der Waals surface area contributed by atoms with Gasteiger partial charge < -0.3 is 9.84 Å². The van der Waals surface area contributed by atoms with Gasteiger partial charge in [-0.25, -0.2) is 0 Å². The van der Waals surface area contributed by atoms with Crippen LogP contribution in [0, 0.1) is 10.8 Å². The number of aliphatic hydroxyl groups is 1. The summed E-state index contributed by atoms with van der Waals surface area (Å²) in [7, 11) is 0. The topological polar surface area (TPSA) is 32.8 Å². The van der Waals surface area contributed by atoms with Crippen molar-refractivity contribution >= 4 is 43.5 Å². The SMILES string of the molecule is CC1(Br)CC[C@@]2(CC1Cl)C(C)(C)[C@H](Br)[C@H](O)C[C@@]21CO1. The van der Waals surface area contributed by atoms with E-state index in [0.29, 0.717) is 0 Å². The number of aliphatic hydroxyl groups excluding tert-OH is 1. The Balaban J connectivity index is 2.01. The summed E-state index contributed by atoms with van der Waals surface area (Å²) in [5, 5.41) is 10.5. The van der Waals surface area contributed by atoms with Crippen LogP contribution >= 0.6 is 43.5 Å².